The van der Waals surface area contributed by atoms with E-state index in [0.29, 0.717) is 11.4 Å². The highest BCUT2D eigenvalue weighted by Crippen LogP contribution is 2.32. The predicted molar refractivity (Wildman–Crippen MR) is 73.7 cm³/mol. The zero-order valence-electron chi connectivity index (χ0n) is 11.4. The molecule has 1 fully saturated rings. The summed E-state index contributed by atoms with van der Waals surface area (Å²) in [6.45, 7) is 4.45. The van der Waals surface area contributed by atoms with Crippen molar-refractivity contribution in [1.29, 1.82) is 0 Å². The molecule has 5 nitrogen and oxygen atoms in total. The van der Waals surface area contributed by atoms with Crippen LogP contribution in [0.25, 0.3) is 0 Å². The van der Waals surface area contributed by atoms with E-state index in [0.717, 1.165) is 25.7 Å². The molecule has 6 heteroatoms. The topological polar surface area (TPSA) is 52.7 Å². The minimum absolute atomic E-state index is 0.123. The monoisotopic (exact) mass is 277 g/mol. The smallest absolute Gasteiger partial charge is 0.296 e. The van der Waals surface area contributed by atoms with Gasteiger partial charge in [0.05, 0.1) is 16.9 Å². The number of nitrogens with zero attached hydrogens (tertiary/aromatic N) is 2. The first-order valence-electron chi connectivity index (χ1n) is 6.62. The Morgan fingerprint density at radius 1 is 1.30 bits per heavy atom. The maximum Gasteiger partial charge on any atom is 0.296 e. The normalized spacial score (nSPS) is 22.9. The first-order valence-corrected chi connectivity index (χ1v) is 6.62. The van der Waals surface area contributed by atoms with Crippen LogP contribution in [0.2, 0.25) is 0 Å². The van der Waals surface area contributed by atoms with Crippen LogP contribution in [-0.4, -0.2) is 49.3 Å². The third-order valence-corrected chi connectivity index (χ3v) is 3.93. The third-order valence-electron chi connectivity index (χ3n) is 3.93. The number of benzene rings is 1. The fraction of sp³-hybridized carbons (Fsp3) is 0.429. The van der Waals surface area contributed by atoms with Crippen LogP contribution in [0, 0.1) is 5.82 Å². The second-order valence-electron chi connectivity index (χ2n) is 5.44. The molecule has 0 spiro atoms. The Bertz CT molecular complexity index is 602. The number of nitrogens with one attached hydrogen (secondary N) is 1. The van der Waals surface area contributed by atoms with E-state index < -0.39 is 17.5 Å². The highest BCUT2D eigenvalue weighted by Gasteiger charge is 2.31. The van der Waals surface area contributed by atoms with E-state index in [1.54, 1.807) is 6.07 Å². The molecule has 0 aromatic heterocycles. The molecule has 0 radical (unpaired) electrons. The molecule has 106 valence electrons. The van der Waals surface area contributed by atoms with Crippen LogP contribution in [0.1, 0.15) is 17.3 Å². The van der Waals surface area contributed by atoms with Gasteiger partial charge in [-0.15, -0.1) is 0 Å². The van der Waals surface area contributed by atoms with Gasteiger partial charge >= 0.3 is 0 Å². The molecule has 1 amide bonds. The van der Waals surface area contributed by atoms with Gasteiger partial charge in [-0.25, -0.2) is 4.39 Å². The van der Waals surface area contributed by atoms with Crippen molar-refractivity contribution in [2.45, 2.75) is 13.0 Å². The lowest BCUT2D eigenvalue weighted by Crippen LogP contribution is -2.50. The predicted octanol–water partition coefficient (Wildman–Crippen LogP) is 1.10. The Kier molecular flexibility index (Phi) is 2.97. The van der Waals surface area contributed by atoms with E-state index in [9.17, 15) is 14.0 Å². The number of carbonyl (C=O) groups excluding carboxylic acids is 2. The van der Waals surface area contributed by atoms with Crippen molar-refractivity contribution in [3.63, 3.8) is 0 Å². The zero-order chi connectivity index (χ0) is 14.4. The maximum atomic E-state index is 14.3. The Morgan fingerprint density at radius 2 is 2.05 bits per heavy atom. The quantitative estimate of drug-likeness (QED) is 0.781. The largest absolute Gasteiger partial charge is 0.364 e. The molecule has 0 bridgehead atoms. The fourth-order valence-corrected chi connectivity index (χ4v) is 2.87. The average Bonchev–Trinajstić information content (AvgIpc) is 2.65. The molecule has 1 N–H and O–H groups in total. The van der Waals surface area contributed by atoms with Crippen molar-refractivity contribution in [2.24, 2.45) is 0 Å². The molecule has 2 aliphatic heterocycles. The lowest BCUT2D eigenvalue weighted by atomic mass is 10.1. The number of Topliss-reactive ketones (excluding diaryl/α,β-unsaturated/α-hetero) is 1. The molecule has 0 saturated carbocycles. The summed E-state index contributed by atoms with van der Waals surface area (Å²) in [5.74, 6) is -1.81. The number of ketones is 1. The number of hydrogen-bond acceptors (Lipinski definition) is 4. The number of rotatable bonds is 1. The molecule has 1 atom stereocenters. The van der Waals surface area contributed by atoms with Gasteiger partial charge in [0, 0.05) is 25.7 Å². The molecule has 1 aromatic rings. The lowest BCUT2D eigenvalue weighted by Gasteiger charge is -2.40. The van der Waals surface area contributed by atoms with Crippen LogP contribution in [-0.2, 0) is 4.79 Å². The summed E-state index contributed by atoms with van der Waals surface area (Å²) in [7, 11) is 2.03. The van der Waals surface area contributed by atoms with Crippen molar-refractivity contribution >= 4 is 23.1 Å². The summed E-state index contributed by atoms with van der Waals surface area (Å²) >= 11 is 0. The second kappa shape index (κ2) is 4.56. The molecular formula is C14H16FN3O2. The van der Waals surface area contributed by atoms with Gasteiger partial charge in [0.15, 0.2) is 0 Å². The van der Waals surface area contributed by atoms with Crippen molar-refractivity contribution in [3.8, 4) is 0 Å². The van der Waals surface area contributed by atoms with Gasteiger partial charge in [-0.3, -0.25) is 9.59 Å². The summed E-state index contributed by atoms with van der Waals surface area (Å²) in [6.07, 6.45) is 0. The molecule has 1 saturated heterocycles. The maximum absolute atomic E-state index is 14.3. The number of carbonyl (C=O) groups is 2. The standard InChI is InChI=1S/C14H16FN3O2/c1-8-7-17(2)3-4-18(8)12-6-11-9(5-10(12)15)13(19)14(20)16-11/h5-6,8H,3-4,7H2,1-2H3,(H,16,19,20). The number of amides is 1. The van der Waals surface area contributed by atoms with Crippen LogP contribution in [0.15, 0.2) is 12.1 Å². The van der Waals surface area contributed by atoms with Crippen molar-refractivity contribution < 1.29 is 14.0 Å². The van der Waals surface area contributed by atoms with Gasteiger partial charge in [-0.05, 0) is 26.1 Å². The summed E-state index contributed by atoms with van der Waals surface area (Å²) in [5, 5.41) is 2.49. The number of hydrogen-bond donors (Lipinski definition) is 1. The van der Waals surface area contributed by atoms with Crippen LogP contribution in [0.3, 0.4) is 0 Å². The number of piperazine rings is 1. The van der Waals surface area contributed by atoms with E-state index in [4.69, 9.17) is 0 Å². The first kappa shape index (κ1) is 13.1. The van der Waals surface area contributed by atoms with E-state index >= 15 is 0 Å². The van der Waals surface area contributed by atoms with E-state index in [1.165, 1.54) is 0 Å². The van der Waals surface area contributed by atoms with E-state index in [-0.39, 0.29) is 11.6 Å². The fourth-order valence-electron chi connectivity index (χ4n) is 2.87. The minimum atomic E-state index is -0.692. The highest BCUT2D eigenvalue weighted by molar-refractivity contribution is 6.51. The number of anilines is 2. The number of fused-ring (bicyclic) bond motifs is 1. The minimum Gasteiger partial charge on any atom is -0.364 e. The van der Waals surface area contributed by atoms with Gasteiger partial charge in [0.1, 0.15) is 5.82 Å². The van der Waals surface area contributed by atoms with Crippen LogP contribution < -0.4 is 10.2 Å². The lowest BCUT2D eigenvalue weighted by molar-refractivity contribution is -0.112. The molecule has 1 unspecified atom stereocenters. The van der Waals surface area contributed by atoms with Gasteiger partial charge in [0.2, 0.25) is 0 Å². The Labute approximate surface area is 116 Å². The Balaban J connectivity index is 1.98. The van der Waals surface area contributed by atoms with Crippen LogP contribution in [0.4, 0.5) is 15.8 Å². The van der Waals surface area contributed by atoms with Crippen LogP contribution in [0.5, 0.6) is 0 Å². The Morgan fingerprint density at radius 3 is 2.75 bits per heavy atom. The van der Waals surface area contributed by atoms with Crippen molar-refractivity contribution in [3.05, 3.63) is 23.5 Å². The van der Waals surface area contributed by atoms with Gasteiger partial charge < -0.3 is 15.1 Å². The third kappa shape index (κ3) is 1.96. The molecule has 2 heterocycles. The summed E-state index contributed by atoms with van der Waals surface area (Å²) < 4.78 is 14.3. The molecule has 0 aliphatic carbocycles. The molecular weight excluding hydrogens is 261 g/mol. The number of halogens is 1. The average molecular weight is 277 g/mol. The molecule has 1 aromatic carbocycles. The van der Waals surface area contributed by atoms with E-state index in [1.807, 2.05) is 18.9 Å². The van der Waals surface area contributed by atoms with Crippen LogP contribution >= 0.6 is 0 Å². The highest BCUT2D eigenvalue weighted by atomic mass is 19.1. The van der Waals surface area contributed by atoms with Crippen molar-refractivity contribution in [2.75, 3.05) is 36.9 Å². The summed E-state index contributed by atoms with van der Waals surface area (Å²) in [4.78, 5) is 27.0. The SMILES string of the molecule is CC1CN(C)CCN1c1cc2c(cc1F)C(=O)C(=O)N2. The first-order chi connectivity index (χ1) is 9.47. The van der Waals surface area contributed by atoms with Crippen molar-refractivity contribution in [1.82, 2.24) is 4.90 Å². The number of likely N-dealkylation sites (N-methyl/N-ethyl adjacent to an activating group) is 1. The van der Waals surface area contributed by atoms with Gasteiger partial charge in [-0.1, -0.05) is 0 Å². The van der Waals surface area contributed by atoms with Gasteiger partial charge in [-0.2, -0.15) is 0 Å². The summed E-state index contributed by atoms with van der Waals surface area (Å²) in [6, 6.07) is 2.90. The van der Waals surface area contributed by atoms with Gasteiger partial charge in [0.25, 0.3) is 11.7 Å². The molecule has 20 heavy (non-hydrogen) atoms. The van der Waals surface area contributed by atoms with E-state index in [2.05, 4.69) is 10.2 Å². The summed E-state index contributed by atoms with van der Waals surface area (Å²) in [5.41, 5.74) is 0.972. The Hall–Kier alpha value is -1.95. The second-order valence-corrected chi connectivity index (χ2v) is 5.44. The molecule has 2 aliphatic rings. The zero-order valence-corrected chi connectivity index (χ0v) is 11.4. The molecule has 3 rings (SSSR count).